The van der Waals surface area contributed by atoms with Crippen molar-refractivity contribution in [3.63, 3.8) is 0 Å². The molecule has 3 nitrogen and oxygen atoms in total. The van der Waals surface area contributed by atoms with Gasteiger partial charge in [-0.1, -0.05) is 6.08 Å². The van der Waals surface area contributed by atoms with Crippen LogP contribution in [-0.4, -0.2) is 37.1 Å². The molecule has 1 fully saturated rings. The first-order valence-electron chi connectivity index (χ1n) is 5.30. The molecule has 0 aromatic carbocycles. The van der Waals surface area contributed by atoms with E-state index in [0.717, 1.165) is 25.2 Å². The van der Waals surface area contributed by atoms with Crippen molar-refractivity contribution < 1.29 is 9.53 Å². The molecular weight excluding hydrogens is 178 g/mol. The number of carbonyl (C=O) groups is 1. The molecule has 0 spiro atoms. The molecule has 0 N–H and O–H groups in total. The van der Waals surface area contributed by atoms with Crippen molar-refractivity contribution in [3.05, 3.63) is 11.6 Å². The van der Waals surface area contributed by atoms with Gasteiger partial charge in [0.25, 0.3) is 0 Å². The van der Waals surface area contributed by atoms with Crippen molar-refractivity contribution in [2.24, 2.45) is 0 Å². The lowest BCUT2D eigenvalue weighted by Crippen LogP contribution is -2.19. The van der Waals surface area contributed by atoms with E-state index in [9.17, 15) is 4.79 Å². The number of hydrogen-bond donors (Lipinski definition) is 0. The molecular formula is C11H19NO2. The van der Waals surface area contributed by atoms with Crippen molar-refractivity contribution >= 4 is 5.97 Å². The molecule has 0 aliphatic carbocycles. The van der Waals surface area contributed by atoms with E-state index in [1.54, 1.807) is 0 Å². The second-order valence-corrected chi connectivity index (χ2v) is 3.62. The lowest BCUT2D eigenvalue weighted by molar-refractivity contribution is -0.138. The Balaban J connectivity index is 2.31. The molecule has 0 radical (unpaired) electrons. The van der Waals surface area contributed by atoms with Crippen molar-refractivity contribution in [2.45, 2.75) is 26.7 Å². The molecule has 1 saturated heterocycles. The zero-order valence-electron chi connectivity index (χ0n) is 9.08. The van der Waals surface area contributed by atoms with Crippen LogP contribution < -0.4 is 0 Å². The maximum Gasteiger partial charge on any atom is 0.333 e. The lowest BCUT2D eigenvalue weighted by Gasteiger charge is -2.11. The van der Waals surface area contributed by atoms with Crippen molar-refractivity contribution in [3.8, 4) is 0 Å². The predicted octanol–water partition coefficient (Wildman–Crippen LogP) is 1.59. The second kappa shape index (κ2) is 5.81. The average Bonchev–Trinajstić information content (AvgIpc) is 2.67. The number of hydrogen-bond acceptors (Lipinski definition) is 3. The number of esters is 1. The Morgan fingerprint density at radius 1 is 1.43 bits per heavy atom. The topological polar surface area (TPSA) is 29.5 Å². The van der Waals surface area contributed by atoms with E-state index in [1.807, 2.05) is 19.9 Å². The molecule has 1 aliphatic rings. The van der Waals surface area contributed by atoms with Crippen molar-refractivity contribution in [1.82, 2.24) is 4.90 Å². The zero-order valence-corrected chi connectivity index (χ0v) is 9.08. The summed E-state index contributed by atoms with van der Waals surface area (Å²) in [6, 6.07) is 0. The lowest BCUT2D eigenvalue weighted by atomic mass is 10.3. The highest BCUT2D eigenvalue weighted by Crippen LogP contribution is 2.07. The first kappa shape index (κ1) is 11.2. The number of carbonyl (C=O) groups excluding carboxylic acids is 1. The van der Waals surface area contributed by atoms with Gasteiger partial charge >= 0.3 is 5.97 Å². The molecule has 0 amide bonds. The minimum absolute atomic E-state index is 0.188. The fourth-order valence-corrected chi connectivity index (χ4v) is 1.56. The van der Waals surface area contributed by atoms with Gasteiger partial charge in [-0.3, -0.25) is 4.90 Å². The van der Waals surface area contributed by atoms with Crippen LogP contribution in [0.4, 0.5) is 0 Å². The fourth-order valence-electron chi connectivity index (χ4n) is 1.56. The third-order valence-electron chi connectivity index (χ3n) is 2.45. The molecule has 0 aromatic rings. The Labute approximate surface area is 85.7 Å². The number of ether oxygens (including phenoxy) is 1. The Morgan fingerprint density at radius 2 is 2.07 bits per heavy atom. The van der Waals surface area contributed by atoms with Gasteiger partial charge in [0.1, 0.15) is 0 Å². The summed E-state index contributed by atoms with van der Waals surface area (Å²) in [7, 11) is 0. The predicted molar refractivity (Wildman–Crippen MR) is 56.1 cm³/mol. The van der Waals surface area contributed by atoms with E-state index in [-0.39, 0.29) is 5.97 Å². The Hall–Kier alpha value is -0.830. The third-order valence-corrected chi connectivity index (χ3v) is 2.45. The van der Waals surface area contributed by atoms with E-state index in [2.05, 4.69) is 4.90 Å². The van der Waals surface area contributed by atoms with Gasteiger partial charge in [-0.15, -0.1) is 0 Å². The molecule has 80 valence electrons. The van der Waals surface area contributed by atoms with Crippen molar-refractivity contribution in [2.75, 3.05) is 26.2 Å². The summed E-state index contributed by atoms with van der Waals surface area (Å²) >= 11 is 0. The summed E-state index contributed by atoms with van der Waals surface area (Å²) in [5.74, 6) is -0.188. The monoisotopic (exact) mass is 197 g/mol. The fraction of sp³-hybridized carbons (Fsp3) is 0.727. The first-order chi connectivity index (χ1) is 6.74. The smallest absolute Gasteiger partial charge is 0.333 e. The molecule has 0 atom stereocenters. The highest BCUT2D eigenvalue weighted by molar-refractivity contribution is 5.87. The second-order valence-electron chi connectivity index (χ2n) is 3.62. The Bertz CT molecular complexity index is 217. The third kappa shape index (κ3) is 3.50. The maximum atomic E-state index is 11.2. The normalized spacial score (nSPS) is 18.6. The molecule has 0 bridgehead atoms. The number of likely N-dealkylation sites (tertiary alicyclic amines) is 1. The van der Waals surface area contributed by atoms with E-state index >= 15 is 0 Å². The zero-order chi connectivity index (χ0) is 10.4. The van der Waals surface area contributed by atoms with E-state index < -0.39 is 0 Å². The van der Waals surface area contributed by atoms with E-state index in [0.29, 0.717) is 6.61 Å². The van der Waals surface area contributed by atoms with Crippen LogP contribution in [-0.2, 0) is 9.53 Å². The van der Waals surface area contributed by atoms with Crippen LogP contribution in [0.2, 0.25) is 0 Å². The van der Waals surface area contributed by atoms with Gasteiger partial charge in [0.15, 0.2) is 0 Å². The summed E-state index contributed by atoms with van der Waals surface area (Å²) in [5, 5.41) is 0. The standard InChI is InChI=1S/C11H19NO2/c1-3-14-11(13)10(2)6-9-12-7-4-5-8-12/h6H,3-5,7-9H2,1-2H3. The molecule has 1 heterocycles. The van der Waals surface area contributed by atoms with Gasteiger partial charge in [-0.05, 0) is 39.8 Å². The first-order valence-corrected chi connectivity index (χ1v) is 5.30. The number of rotatable bonds is 4. The summed E-state index contributed by atoms with van der Waals surface area (Å²) in [6.07, 6.45) is 4.53. The quantitative estimate of drug-likeness (QED) is 0.506. The molecule has 0 saturated carbocycles. The van der Waals surface area contributed by atoms with Crippen LogP contribution in [0.25, 0.3) is 0 Å². The molecule has 1 rings (SSSR count). The van der Waals surface area contributed by atoms with Crippen LogP contribution >= 0.6 is 0 Å². The highest BCUT2D eigenvalue weighted by atomic mass is 16.5. The van der Waals surface area contributed by atoms with E-state index in [4.69, 9.17) is 4.74 Å². The Morgan fingerprint density at radius 3 is 2.64 bits per heavy atom. The minimum atomic E-state index is -0.188. The van der Waals surface area contributed by atoms with Crippen LogP contribution in [0.15, 0.2) is 11.6 Å². The van der Waals surface area contributed by atoms with Crippen molar-refractivity contribution in [1.29, 1.82) is 0 Å². The number of nitrogens with zero attached hydrogens (tertiary/aromatic N) is 1. The van der Waals surface area contributed by atoms with Crippen LogP contribution in [0, 0.1) is 0 Å². The van der Waals surface area contributed by atoms with Gasteiger partial charge in [0, 0.05) is 12.1 Å². The highest BCUT2D eigenvalue weighted by Gasteiger charge is 2.10. The average molecular weight is 197 g/mol. The summed E-state index contributed by atoms with van der Waals surface area (Å²) in [6.45, 7) is 7.29. The van der Waals surface area contributed by atoms with Gasteiger partial charge in [-0.25, -0.2) is 4.79 Å². The largest absolute Gasteiger partial charge is 0.463 e. The van der Waals surface area contributed by atoms with Gasteiger partial charge in [0.2, 0.25) is 0 Å². The maximum absolute atomic E-state index is 11.2. The van der Waals surface area contributed by atoms with Crippen LogP contribution in [0.1, 0.15) is 26.7 Å². The van der Waals surface area contributed by atoms with Crippen LogP contribution in [0.3, 0.4) is 0 Å². The SMILES string of the molecule is CCOC(=O)C(C)=CCN1CCCC1. The van der Waals surface area contributed by atoms with E-state index in [1.165, 1.54) is 12.8 Å². The van der Waals surface area contributed by atoms with Gasteiger partial charge in [0.05, 0.1) is 6.61 Å². The Kier molecular flexibility index (Phi) is 4.66. The summed E-state index contributed by atoms with van der Waals surface area (Å²) in [5.41, 5.74) is 0.721. The minimum Gasteiger partial charge on any atom is -0.463 e. The summed E-state index contributed by atoms with van der Waals surface area (Å²) < 4.78 is 4.89. The molecule has 0 unspecified atom stereocenters. The van der Waals surface area contributed by atoms with Gasteiger partial charge < -0.3 is 4.74 Å². The molecule has 0 aromatic heterocycles. The van der Waals surface area contributed by atoms with Gasteiger partial charge in [-0.2, -0.15) is 0 Å². The molecule has 3 heteroatoms. The molecule has 1 aliphatic heterocycles. The summed E-state index contributed by atoms with van der Waals surface area (Å²) in [4.78, 5) is 13.6. The van der Waals surface area contributed by atoms with Crippen LogP contribution in [0.5, 0.6) is 0 Å². The molecule has 14 heavy (non-hydrogen) atoms.